The molecule has 80 valence electrons. The van der Waals surface area contributed by atoms with E-state index in [-0.39, 0.29) is 0 Å². The van der Waals surface area contributed by atoms with Crippen molar-refractivity contribution in [1.29, 1.82) is 5.26 Å². The van der Waals surface area contributed by atoms with Gasteiger partial charge in [0.05, 0.1) is 19.0 Å². The fraction of sp³-hybridized carbons (Fsp3) is 0.167. The molecule has 0 aliphatic heterocycles. The van der Waals surface area contributed by atoms with E-state index in [2.05, 4.69) is 11.1 Å². The van der Waals surface area contributed by atoms with E-state index in [0.29, 0.717) is 17.9 Å². The Morgan fingerprint density at radius 1 is 1.50 bits per heavy atom. The van der Waals surface area contributed by atoms with Crippen LogP contribution in [0.3, 0.4) is 0 Å². The van der Waals surface area contributed by atoms with Gasteiger partial charge in [-0.2, -0.15) is 5.26 Å². The van der Waals surface area contributed by atoms with Crippen molar-refractivity contribution >= 4 is 0 Å². The molecule has 0 spiro atoms. The van der Waals surface area contributed by atoms with Gasteiger partial charge in [-0.1, -0.05) is 6.07 Å². The Hall–Kier alpha value is -2.28. The van der Waals surface area contributed by atoms with Gasteiger partial charge in [0, 0.05) is 18.9 Å². The molecule has 0 saturated heterocycles. The average molecular weight is 213 g/mol. The smallest absolute Gasteiger partial charge is 0.136 e. The summed E-state index contributed by atoms with van der Waals surface area (Å²) in [5.41, 5.74) is 1.61. The van der Waals surface area contributed by atoms with Crippen LogP contribution in [0, 0.1) is 11.3 Å². The predicted molar refractivity (Wildman–Crippen MR) is 59.0 cm³/mol. The van der Waals surface area contributed by atoms with E-state index in [1.807, 2.05) is 29.0 Å². The molecule has 0 atom stereocenters. The van der Waals surface area contributed by atoms with Gasteiger partial charge >= 0.3 is 0 Å². The monoisotopic (exact) mass is 213 g/mol. The average Bonchev–Trinajstić information content (AvgIpc) is 2.81. The third-order valence-electron chi connectivity index (χ3n) is 2.31. The van der Waals surface area contributed by atoms with Crippen LogP contribution in [0.2, 0.25) is 0 Å². The Balaban J connectivity index is 2.27. The number of aromatic nitrogens is 2. The number of methoxy groups -OCH3 is 1. The summed E-state index contributed by atoms with van der Waals surface area (Å²) < 4.78 is 7.03. The van der Waals surface area contributed by atoms with Crippen molar-refractivity contribution in [3.8, 4) is 11.8 Å². The molecule has 16 heavy (non-hydrogen) atoms. The molecule has 0 amide bonds. The first-order valence-corrected chi connectivity index (χ1v) is 4.86. The first kappa shape index (κ1) is 10.2. The van der Waals surface area contributed by atoms with Crippen LogP contribution in [0.1, 0.15) is 11.1 Å². The molecule has 0 aliphatic rings. The molecule has 0 bridgehead atoms. The van der Waals surface area contributed by atoms with Crippen LogP contribution < -0.4 is 4.74 Å². The molecule has 2 aromatic rings. The zero-order valence-corrected chi connectivity index (χ0v) is 8.92. The Morgan fingerprint density at radius 3 is 3.00 bits per heavy atom. The zero-order chi connectivity index (χ0) is 11.4. The second-order valence-corrected chi connectivity index (χ2v) is 3.38. The number of rotatable bonds is 3. The Morgan fingerprint density at radius 2 is 2.38 bits per heavy atom. The van der Waals surface area contributed by atoms with Gasteiger partial charge in [-0.3, -0.25) is 0 Å². The lowest BCUT2D eigenvalue weighted by Crippen LogP contribution is -1.97. The Labute approximate surface area is 93.7 Å². The quantitative estimate of drug-likeness (QED) is 0.781. The highest BCUT2D eigenvalue weighted by molar-refractivity contribution is 5.45. The van der Waals surface area contributed by atoms with E-state index in [0.717, 1.165) is 5.56 Å². The third-order valence-corrected chi connectivity index (χ3v) is 2.31. The largest absolute Gasteiger partial charge is 0.495 e. The van der Waals surface area contributed by atoms with Crippen LogP contribution in [-0.4, -0.2) is 16.7 Å². The first-order valence-electron chi connectivity index (χ1n) is 4.86. The lowest BCUT2D eigenvalue weighted by atomic mass is 10.1. The predicted octanol–water partition coefficient (Wildman–Crippen LogP) is 1.81. The van der Waals surface area contributed by atoms with Crippen LogP contribution in [0.5, 0.6) is 5.75 Å². The summed E-state index contributed by atoms with van der Waals surface area (Å²) >= 11 is 0. The highest BCUT2D eigenvalue weighted by Gasteiger charge is 2.03. The van der Waals surface area contributed by atoms with Gasteiger partial charge in [0.2, 0.25) is 0 Å². The Kier molecular flexibility index (Phi) is 2.88. The van der Waals surface area contributed by atoms with Crippen LogP contribution >= 0.6 is 0 Å². The number of nitrogens with zero attached hydrogens (tertiary/aromatic N) is 3. The first-order chi connectivity index (χ1) is 7.83. The topological polar surface area (TPSA) is 50.8 Å². The SMILES string of the molecule is COc1ccc(Cn2ccnc2)cc1C#N. The summed E-state index contributed by atoms with van der Waals surface area (Å²) in [4.78, 5) is 3.97. The second kappa shape index (κ2) is 4.49. The van der Waals surface area contributed by atoms with E-state index in [4.69, 9.17) is 10.00 Å². The normalized spacial score (nSPS) is 9.75. The fourth-order valence-corrected chi connectivity index (χ4v) is 1.53. The highest BCUT2D eigenvalue weighted by atomic mass is 16.5. The van der Waals surface area contributed by atoms with Gasteiger partial charge in [0.1, 0.15) is 11.8 Å². The van der Waals surface area contributed by atoms with Gasteiger partial charge in [0.15, 0.2) is 0 Å². The summed E-state index contributed by atoms with van der Waals surface area (Å²) in [6, 6.07) is 7.70. The maximum Gasteiger partial charge on any atom is 0.136 e. The summed E-state index contributed by atoms with van der Waals surface area (Å²) in [6.07, 6.45) is 5.36. The number of hydrogen-bond donors (Lipinski definition) is 0. The molecule has 2 rings (SSSR count). The molecular weight excluding hydrogens is 202 g/mol. The standard InChI is InChI=1S/C12H11N3O/c1-16-12-3-2-10(6-11(12)7-13)8-15-5-4-14-9-15/h2-6,9H,8H2,1H3. The minimum Gasteiger partial charge on any atom is -0.495 e. The molecule has 0 unspecified atom stereocenters. The zero-order valence-electron chi connectivity index (χ0n) is 8.92. The van der Waals surface area contributed by atoms with Crippen LogP contribution in [-0.2, 0) is 6.54 Å². The highest BCUT2D eigenvalue weighted by Crippen LogP contribution is 2.19. The number of hydrogen-bond acceptors (Lipinski definition) is 3. The summed E-state index contributed by atoms with van der Waals surface area (Å²) in [7, 11) is 1.56. The molecule has 4 nitrogen and oxygen atoms in total. The third kappa shape index (κ3) is 2.04. The molecule has 1 aromatic heterocycles. The maximum atomic E-state index is 8.95. The van der Waals surface area contributed by atoms with Crippen molar-refractivity contribution in [3.63, 3.8) is 0 Å². The molecule has 1 heterocycles. The second-order valence-electron chi connectivity index (χ2n) is 3.38. The maximum absolute atomic E-state index is 8.95. The number of ether oxygens (including phenoxy) is 1. The fourth-order valence-electron chi connectivity index (χ4n) is 1.53. The summed E-state index contributed by atoms with van der Waals surface area (Å²) in [5, 5.41) is 8.95. The lowest BCUT2D eigenvalue weighted by Gasteiger charge is -2.06. The van der Waals surface area contributed by atoms with E-state index < -0.39 is 0 Å². The molecule has 0 radical (unpaired) electrons. The number of benzene rings is 1. The van der Waals surface area contributed by atoms with Crippen LogP contribution in [0.4, 0.5) is 0 Å². The molecular formula is C12H11N3O. The summed E-state index contributed by atoms with van der Waals surface area (Å²) in [6.45, 7) is 0.707. The van der Waals surface area contributed by atoms with Crippen molar-refractivity contribution in [2.24, 2.45) is 0 Å². The Bertz CT molecular complexity index is 512. The van der Waals surface area contributed by atoms with Gasteiger partial charge in [-0.05, 0) is 17.7 Å². The van der Waals surface area contributed by atoms with Crippen LogP contribution in [0.25, 0.3) is 0 Å². The van der Waals surface area contributed by atoms with Crippen LogP contribution in [0.15, 0.2) is 36.9 Å². The van der Waals surface area contributed by atoms with Gasteiger partial charge in [0.25, 0.3) is 0 Å². The van der Waals surface area contributed by atoms with E-state index in [1.54, 1.807) is 19.6 Å². The molecule has 0 aliphatic carbocycles. The summed E-state index contributed by atoms with van der Waals surface area (Å²) in [5.74, 6) is 0.608. The van der Waals surface area contributed by atoms with Crippen molar-refractivity contribution in [1.82, 2.24) is 9.55 Å². The molecule has 1 aromatic carbocycles. The van der Waals surface area contributed by atoms with Crippen molar-refractivity contribution in [2.45, 2.75) is 6.54 Å². The van der Waals surface area contributed by atoms with Crippen molar-refractivity contribution in [3.05, 3.63) is 48.0 Å². The van der Waals surface area contributed by atoms with Gasteiger partial charge < -0.3 is 9.30 Å². The number of imidazole rings is 1. The molecule has 0 fully saturated rings. The van der Waals surface area contributed by atoms with E-state index >= 15 is 0 Å². The minimum atomic E-state index is 0.556. The van der Waals surface area contributed by atoms with E-state index in [1.165, 1.54) is 0 Å². The molecule has 4 heteroatoms. The number of nitriles is 1. The van der Waals surface area contributed by atoms with Gasteiger partial charge in [-0.15, -0.1) is 0 Å². The lowest BCUT2D eigenvalue weighted by molar-refractivity contribution is 0.413. The van der Waals surface area contributed by atoms with Gasteiger partial charge in [-0.25, -0.2) is 4.98 Å². The minimum absolute atomic E-state index is 0.556. The van der Waals surface area contributed by atoms with E-state index in [9.17, 15) is 0 Å². The molecule has 0 N–H and O–H groups in total. The van der Waals surface area contributed by atoms with Crippen molar-refractivity contribution in [2.75, 3.05) is 7.11 Å². The van der Waals surface area contributed by atoms with Crippen molar-refractivity contribution < 1.29 is 4.74 Å². The molecule has 0 saturated carbocycles.